The van der Waals surface area contributed by atoms with Crippen molar-refractivity contribution in [2.45, 2.75) is 16.4 Å². The van der Waals surface area contributed by atoms with Crippen LogP contribution in [0.1, 0.15) is 6.92 Å². The molecule has 0 aliphatic carbocycles. The predicted octanol–water partition coefficient (Wildman–Crippen LogP) is 1.51. The SMILES string of the molecule is CCSc1nnc(NC(=O)CSc2nncn2C)s1. The third-order valence-corrected chi connectivity index (χ3v) is 4.81. The van der Waals surface area contributed by atoms with Gasteiger partial charge >= 0.3 is 0 Å². The van der Waals surface area contributed by atoms with Crippen LogP contribution in [-0.4, -0.2) is 42.4 Å². The van der Waals surface area contributed by atoms with Crippen molar-refractivity contribution in [3.63, 3.8) is 0 Å². The molecule has 2 aromatic rings. The average molecular weight is 316 g/mol. The summed E-state index contributed by atoms with van der Waals surface area (Å²) in [5.41, 5.74) is 0. The van der Waals surface area contributed by atoms with Gasteiger partial charge in [0, 0.05) is 7.05 Å². The Balaban J connectivity index is 1.82. The molecule has 0 fully saturated rings. The number of thioether (sulfide) groups is 2. The van der Waals surface area contributed by atoms with E-state index in [9.17, 15) is 4.79 Å². The lowest BCUT2D eigenvalue weighted by Gasteiger charge is -2.00. The lowest BCUT2D eigenvalue weighted by molar-refractivity contribution is -0.113. The van der Waals surface area contributed by atoms with Gasteiger partial charge in [-0.25, -0.2) is 0 Å². The summed E-state index contributed by atoms with van der Waals surface area (Å²) in [6.07, 6.45) is 1.60. The summed E-state index contributed by atoms with van der Waals surface area (Å²) in [5, 5.41) is 19.5. The summed E-state index contributed by atoms with van der Waals surface area (Å²) < 4.78 is 2.62. The molecule has 0 aliphatic rings. The molecular weight excluding hydrogens is 304 g/mol. The van der Waals surface area contributed by atoms with Gasteiger partial charge < -0.3 is 4.57 Å². The number of carbonyl (C=O) groups is 1. The van der Waals surface area contributed by atoms with Crippen LogP contribution in [-0.2, 0) is 11.8 Å². The molecular formula is C9H12N6OS3. The van der Waals surface area contributed by atoms with E-state index in [4.69, 9.17) is 0 Å². The maximum absolute atomic E-state index is 11.7. The fourth-order valence-electron chi connectivity index (χ4n) is 1.13. The van der Waals surface area contributed by atoms with Crippen LogP contribution < -0.4 is 5.32 Å². The van der Waals surface area contributed by atoms with Crippen molar-refractivity contribution in [3.8, 4) is 0 Å². The molecule has 0 saturated carbocycles. The molecule has 2 rings (SSSR count). The monoisotopic (exact) mass is 316 g/mol. The second-order valence-corrected chi connectivity index (χ2v) is 6.80. The van der Waals surface area contributed by atoms with Crippen molar-refractivity contribution in [2.24, 2.45) is 7.05 Å². The van der Waals surface area contributed by atoms with Crippen LogP contribution in [0.25, 0.3) is 0 Å². The van der Waals surface area contributed by atoms with Crippen LogP contribution in [0.5, 0.6) is 0 Å². The Morgan fingerprint density at radius 3 is 2.95 bits per heavy atom. The van der Waals surface area contributed by atoms with Crippen molar-refractivity contribution in [3.05, 3.63) is 6.33 Å². The highest BCUT2D eigenvalue weighted by molar-refractivity contribution is 8.01. The van der Waals surface area contributed by atoms with Crippen LogP contribution in [0.15, 0.2) is 15.8 Å². The Morgan fingerprint density at radius 2 is 2.26 bits per heavy atom. The molecule has 10 heteroatoms. The summed E-state index contributed by atoms with van der Waals surface area (Å²) >= 11 is 4.31. The largest absolute Gasteiger partial charge is 0.312 e. The highest BCUT2D eigenvalue weighted by Gasteiger charge is 2.10. The lowest BCUT2D eigenvalue weighted by Crippen LogP contribution is -2.14. The number of anilines is 1. The van der Waals surface area contributed by atoms with Crippen molar-refractivity contribution in [1.82, 2.24) is 25.0 Å². The van der Waals surface area contributed by atoms with E-state index in [0.717, 1.165) is 10.1 Å². The lowest BCUT2D eigenvalue weighted by atomic mass is 10.7. The first-order valence-corrected chi connectivity index (χ1v) is 8.20. The number of carbonyl (C=O) groups excluding carboxylic acids is 1. The molecule has 2 heterocycles. The molecule has 102 valence electrons. The molecule has 1 amide bonds. The van der Waals surface area contributed by atoms with E-state index in [-0.39, 0.29) is 11.7 Å². The van der Waals surface area contributed by atoms with Gasteiger partial charge in [0.05, 0.1) is 5.75 Å². The molecule has 0 bridgehead atoms. The van der Waals surface area contributed by atoms with Crippen molar-refractivity contribution in [1.29, 1.82) is 0 Å². The molecule has 0 aliphatic heterocycles. The van der Waals surface area contributed by atoms with Gasteiger partial charge in [-0.05, 0) is 5.75 Å². The Labute approximate surface area is 122 Å². The van der Waals surface area contributed by atoms with Crippen LogP contribution in [0.2, 0.25) is 0 Å². The number of aromatic nitrogens is 5. The molecule has 1 N–H and O–H groups in total. The number of amides is 1. The first kappa shape index (κ1) is 14.3. The minimum absolute atomic E-state index is 0.128. The zero-order chi connectivity index (χ0) is 13.7. The molecule has 2 aromatic heterocycles. The zero-order valence-corrected chi connectivity index (χ0v) is 12.8. The molecule has 0 aromatic carbocycles. The number of rotatable bonds is 6. The number of aryl methyl sites for hydroxylation is 1. The van der Waals surface area contributed by atoms with E-state index >= 15 is 0 Å². The summed E-state index contributed by atoms with van der Waals surface area (Å²) in [6, 6.07) is 0. The molecule has 0 radical (unpaired) electrons. The second-order valence-electron chi connectivity index (χ2n) is 3.37. The Kier molecular flexibility index (Phi) is 5.16. The van der Waals surface area contributed by atoms with Gasteiger partial charge in [0.15, 0.2) is 9.50 Å². The quantitative estimate of drug-likeness (QED) is 0.638. The van der Waals surface area contributed by atoms with Crippen molar-refractivity contribution >= 4 is 45.9 Å². The van der Waals surface area contributed by atoms with Gasteiger partial charge in [-0.1, -0.05) is 41.8 Å². The first-order chi connectivity index (χ1) is 9.19. The van der Waals surface area contributed by atoms with Crippen molar-refractivity contribution < 1.29 is 4.79 Å². The number of nitrogens with one attached hydrogen (secondary N) is 1. The van der Waals surface area contributed by atoms with Gasteiger partial charge in [-0.2, -0.15) is 0 Å². The molecule has 0 saturated heterocycles. The van der Waals surface area contributed by atoms with E-state index in [1.807, 2.05) is 14.0 Å². The van der Waals surface area contributed by atoms with Crippen LogP contribution in [0.3, 0.4) is 0 Å². The molecule has 7 nitrogen and oxygen atoms in total. The second kappa shape index (κ2) is 6.87. The topological polar surface area (TPSA) is 85.6 Å². The fraction of sp³-hybridized carbons (Fsp3) is 0.444. The number of hydrogen-bond acceptors (Lipinski definition) is 8. The molecule has 19 heavy (non-hydrogen) atoms. The van der Waals surface area contributed by atoms with E-state index < -0.39 is 0 Å². The minimum atomic E-state index is -0.128. The highest BCUT2D eigenvalue weighted by Crippen LogP contribution is 2.25. The third kappa shape index (κ3) is 4.18. The number of hydrogen-bond donors (Lipinski definition) is 1. The maximum atomic E-state index is 11.7. The van der Waals surface area contributed by atoms with Gasteiger partial charge in [-0.15, -0.1) is 20.4 Å². The summed E-state index contributed by atoms with van der Waals surface area (Å²) in [6.45, 7) is 2.04. The van der Waals surface area contributed by atoms with E-state index in [1.165, 1.54) is 23.1 Å². The van der Waals surface area contributed by atoms with E-state index in [2.05, 4.69) is 25.7 Å². The van der Waals surface area contributed by atoms with E-state index in [1.54, 1.807) is 22.7 Å². The van der Waals surface area contributed by atoms with Crippen LogP contribution in [0, 0.1) is 0 Å². The zero-order valence-electron chi connectivity index (χ0n) is 10.4. The summed E-state index contributed by atoms with van der Waals surface area (Å²) in [4.78, 5) is 11.7. The van der Waals surface area contributed by atoms with Gasteiger partial charge in [-0.3, -0.25) is 10.1 Å². The summed E-state index contributed by atoms with van der Waals surface area (Å²) in [7, 11) is 1.83. The van der Waals surface area contributed by atoms with E-state index in [0.29, 0.717) is 10.3 Å². The Bertz CT molecular complexity index is 554. The highest BCUT2D eigenvalue weighted by atomic mass is 32.2. The predicted molar refractivity (Wildman–Crippen MR) is 76.7 cm³/mol. The smallest absolute Gasteiger partial charge is 0.236 e. The molecule has 0 atom stereocenters. The van der Waals surface area contributed by atoms with Gasteiger partial charge in [0.1, 0.15) is 6.33 Å². The number of nitrogens with zero attached hydrogens (tertiary/aromatic N) is 5. The summed E-state index contributed by atoms with van der Waals surface area (Å²) in [5.74, 6) is 1.07. The van der Waals surface area contributed by atoms with Crippen LogP contribution in [0.4, 0.5) is 5.13 Å². The minimum Gasteiger partial charge on any atom is -0.312 e. The maximum Gasteiger partial charge on any atom is 0.236 e. The van der Waals surface area contributed by atoms with Gasteiger partial charge in [0.2, 0.25) is 11.0 Å². The molecule has 0 spiro atoms. The third-order valence-electron chi connectivity index (χ3n) is 1.92. The molecule has 0 unspecified atom stereocenters. The average Bonchev–Trinajstić information content (AvgIpc) is 2.97. The Hall–Kier alpha value is -1.13. The normalized spacial score (nSPS) is 10.6. The fourth-order valence-corrected chi connectivity index (χ4v) is 3.48. The standard InChI is InChI=1S/C9H12N6OS3/c1-3-17-9-14-12-7(19-9)11-6(16)4-18-8-13-10-5-15(8)2/h5H,3-4H2,1-2H3,(H,11,12,16). The Morgan fingerprint density at radius 1 is 1.42 bits per heavy atom. The van der Waals surface area contributed by atoms with Crippen molar-refractivity contribution in [2.75, 3.05) is 16.8 Å². The first-order valence-electron chi connectivity index (χ1n) is 5.42. The van der Waals surface area contributed by atoms with Gasteiger partial charge in [0.25, 0.3) is 0 Å². The van der Waals surface area contributed by atoms with Crippen LogP contribution >= 0.6 is 34.9 Å².